The molecule has 0 spiro atoms. The lowest BCUT2D eigenvalue weighted by Crippen LogP contribution is -2.30. The van der Waals surface area contributed by atoms with Crippen molar-refractivity contribution in [1.29, 1.82) is 0 Å². The van der Waals surface area contributed by atoms with Gasteiger partial charge in [-0.05, 0) is 20.3 Å². The van der Waals surface area contributed by atoms with Gasteiger partial charge in [0.25, 0.3) is 0 Å². The molecule has 3 nitrogen and oxygen atoms in total. The van der Waals surface area contributed by atoms with E-state index < -0.39 is 0 Å². The highest BCUT2D eigenvalue weighted by Gasteiger charge is 2.09. The molecule has 0 fully saturated rings. The van der Waals surface area contributed by atoms with E-state index in [0.29, 0.717) is 25.7 Å². The maximum atomic E-state index is 11.5. The Balaban J connectivity index is 3.67. The number of carbonyl (C=O) groups excluding carboxylic acids is 2. The van der Waals surface area contributed by atoms with Gasteiger partial charge in [-0.2, -0.15) is 0 Å². The molecule has 0 unspecified atom stereocenters. The summed E-state index contributed by atoms with van der Waals surface area (Å²) in [7, 11) is 0. The zero-order valence-corrected chi connectivity index (χ0v) is 9.51. The Bertz CT molecular complexity index is 186. The van der Waals surface area contributed by atoms with Gasteiger partial charge in [-0.15, -0.1) is 0 Å². The van der Waals surface area contributed by atoms with Gasteiger partial charge in [0, 0.05) is 32.4 Å². The van der Waals surface area contributed by atoms with Crippen molar-refractivity contribution in [2.45, 2.75) is 46.5 Å². The summed E-state index contributed by atoms with van der Waals surface area (Å²) in [5.74, 6) is 0.413. The zero-order chi connectivity index (χ0) is 11.0. The van der Waals surface area contributed by atoms with Gasteiger partial charge >= 0.3 is 0 Å². The van der Waals surface area contributed by atoms with Crippen LogP contribution in [0.3, 0.4) is 0 Å². The number of nitrogens with zero attached hydrogens (tertiary/aromatic N) is 1. The van der Waals surface area contributed by atoms with Crippen LogP contribution in [0.5, 0.6) is 0 Å². The number of Topliss-reactive ketones (excluding diaryl/α,β-unsaturated/α-hetero) is 1. The van der Waals surface area contributed by atoms with E-state index in [0.717, 1.165) is 13.1 Å². The van der Waals surface area contributed by atoms with Crippen LogP contribution in [0.2, 0.25) is 0 Å². The fourth-order valence-electron chi connectivity index (χ4n) is 1.35. The summed E-state index contributed by atoms with van der Waals surface area (Å²) in [5.41, 5.74) is 0. The van der Waals surface area contributed by atoms with Crippen molar-refractivity contribution >= 4 is 11.7 Å². The highest BCUT2D eigenvalue weighted by Crippen LogP contribution is 2.02. The van der Waals surface area contributed by atoms with E-state index in [9.17, 15) is 9.59 Å². The Kier molecular flexibility index (Phi) is 7.07. The van der Waals surface area contributed by atoms with Crippen molar-refractivity contribution in [3.63, 3.8) is 0 Å². The van der Waals surface area contributed by atoms with E-state index >= 15 is 0 Å². The highest BCUT2D eigenvalue weighted by atomic mass is 16.2. The first-order valence-electron chi connectivity index (χ1n) is 5.45. The molecule has 0 radical (unpaired) electrons. The predicted molar refractivity (Wildman–Crippen MR) is 57.1 cm³/mol. The highest BCUT2D eigenvalue weighted by molar-refractivity contribution is 5.80. The topological polar surface area (TPSA) is 37.4 Å². The lowest BCUT2D eigenvalue weighted by molar-refractivity contribution is -0.131. The molecule has 0 atom stereocenters. The Labute approximate surface area is 86.5 Å². The van der Waals surface area contributed by atoms with Crippen molar-refractivity contribution in [3.8, 4) is 0 Å². The van der Waals surface area contributed by atoms with Crippen LogP contribution in [0, 0.1) is 0 Å². The second-order valence-corrected chi connectivity index (χ2v) is 3.31. The first kappa shape index (κ1) is 13.1. The van der Waals surface area contributed by atoms with Crippen molar-refractivity contribution in [2.75, 3.05) is 13.1 Å². The lowest BCUT2D eigenvalue weighted by Gasteiger charge is -2.18. The summed E-state index contributed by atoms with van der Waals surface area (Å²) in [6.45, 7) is 7.32. The first-order chi connectivity index (χ1) is 6.65. The Morgan fingerprint density at radius 2 is 1.57 bits per heavy atom. The van der Waals surface area contributed by atoms with Crippen LogP contribution in [-0.2, 0) is 9.59 Å². The van der Waals surface area contributed by atoms with Crippen molar-refractivity contribution in [3.05, 3.63) is 0 Å². The molecule has 0 aromatic rings. The molecule has 1 amide bonds. The average Bonchev–Trinajstić information content (AvgIpc) is 2.19. The molecular weight excluding hydrogens is 178 g/mol. The van der Waals surface area contributed by atoms with Gasteiger partial charge in [-0.3, -0.25) is 9.59 Å². The normalized spacial score (nSPS) is 9.93. The van der Waals surface area contributed by atoms with E-state index in [1.54, 1.807) is 4.90 Å². The van der Waals surface area contributed by atoms with Crippen molar-refractivity contribution in [2.24, 2.45) is 0 Å². The molecule has 0 bridgehead atoms. The second kappa shape index (κ2) is 7.54. The molecule has 3 heteroatoms. The fourth-order valence-corrected chi connectivity index (χ4v) is 1.35. The lowest BCUT2D eigenvalue weighted by atomic mass is 10.1. The minimum absolute atomic E-state index is 0.166. The van der Waals surface area contributed by atoms with Gasteiger partial charge in [0.05, 0.1) is 0 Å². The van der Waals surface area contributed by atoms with E-state index in [1.807, 2.05) is 20.8 Å². The number of rotatable bonds is 7. The number of hydrogen-bond acceptors (Lipinski definition) is 2. The molecule has 0 heterocycles. The molecular formula is C11H21NO2. The van der Waals surface area contributed by atoms with Crippen LogP contribution in [0.25, 0.3) is 0 Å². The van der Waals surface area contributed by atoms with Crippen LogP contribution < -0.4 is 0 Å². The predicted octanol–water partition coefficient (Wildman–Crippen LogP) is 2.00. The SMILES string of the molecule is CCC(=O)CCCC(=O)N(CC)CC. The summed E-state index contributed by atoms with van der Waals surface area (Å²) < 4.78 is 0. The van der Waals surface area contributed by atoms with E-state index in [4.69, 9.17) is 0 Å². The van der Waals surface area contributed by atoms with Gasteiger partial charge in [0.2, 0.25) is 5.91 Å². The summed E-state index contributed by atoms with van der Waals surface area (Å²) in [6.07, 6.45) is 2.33. The monoisotopic (exact) mass is 199 g/mol. The molecule has 0 aromatic heterocycles. The summed E-state index contributed by atoms with van der Waals surface area (Å²) >= 11 is 0. The maximum Gasteiger partial charge on any atom is 0.222 e. The van der Waals surface area contributed by atoms with Gasteiger partial charge in [-0.25, -0.2) is 0 Å². The first-order valence-corrected chi connectivity index (χ1v) is 5.45. The van der Waals surface area contributed by atoms with Crippen LogP contribution >= 0.6 is 0 Å². The summed E-state index contributed by atoms with van der Waals surface area (Å²) in [6, 6.07) is 0. The summed E-state index contributed by atoms with van der Waals surface area (Å²) in [4.78, 5) is 24.3. The van der Waals surface area contributed by atoms with Gasteiger partial charge in [0.1, 0.15) is 5.78 Å². The smallest absolute Gasteiger partial charge is 0.222 e. The fraction of sp³-hybridized carbons (Fsp3) is 0.818. The third-order valence-electron chi connectivity index (χ3n) is 2.36. The van der Waals surface area contributed by atoms with Crippen LogP contribution in [0.15, 0.2) is 0 Å². The number of hydrogen-bond donors (Lipinski definition) is 0. The number of amides is 1. The molecule has 14 heavy (non-hydrogen) atoms. The van der Waals surface area contributed by atoms with Gasteiger partial charge < -0.3 is 4.90 Å². The summed E-state index contributed by atoms with van der Waals surface area (Å²) in [5, 5.41) is 0. The Hall–Kier alpha value is -0.860. The largest absolute Gasteiger partial charge is 0.343 e. The Morgan fingerprint density at radius 3 is 2.00 bits per heavy atom. The molecule has 0 saturated carbocycles. The van der Waals surface area contributed by atoms with Crippen molar-refractivity contribution in [1.82, 2.24) is 4.90 Å². The molecule has 0 aliphatic carbocycles. The maximum absolute atomic E-state index is 11.5. The third-order valence-corrected chi connectivity index (χ3v) is 2.36. The minimum Gasteiger partial charge on any atom is -0.343 e. The van der Waals surface area contributed by atoms with E-state index in [1.165, 1.54) is 0 Å². The molecule has 0 aliphatic rings. The quantitative estimate of drug-likeness (QED) is 0.629. The third kappa shape index (κ3) is 5.00. The van der Waals surface area contributed by atoms with Gasteiger partial charge in [0.15, 0.2) is 0 Å². The van der Waals surface area contributed by atoms with E-state index in [2.05, 4.69) is 0 Å². The number of carbonyl (C=O) groups is 2. The van der Waals surface area contributed by atoms with Crippen LogP contribution in [-0.4, -0.2) is 29.7 Å². The van der Waals surface area contributed by atoms with Gasteiger partial charge in [-0.1, -0.05) is 6.92 Å². The standard InChI is InChI=1S/C11H21NO2/c1-4-10(13)8-7-9-11(14)12(5-2)6-3/h4-9H2,1-3H3. The molecule has 0 rings (SSSR count). The second-order valence-electron chi connectivity index (χ2n) is 3.31. The Morgan fingerprint density at radius 1 is 1.00 bits per heavy atom. The minimum atomic E-state index is 0.166. The average molecular weight is 199 g/mol. The van der Waals surface area contributed by atoms with Crippen molar-refractivity contribution < 1.29 is 9.59 Å². The molecule has 0 aliphatic heterocycles. The zero-order valence-electron chi connectivity index (χ0n) is 9.51. The molecule has 0 N–H and O–H groups in total. The molecule has 0 aromatic carbocycles. The van der Waals surface area contributed by atoms with Crippen LogP contribution in [0.4, 0.5) is 0 Å². The molecule has 82 valence electrons. The van der Waals surface area contributed by atoms with E-state index in [-0.39, 0.29) is 11.7 Å². The number of ketones is 1. The van der Waals surface area contributed by atoms with Crippen LogP contribution in [0.1, 0.15) is 46.5 Å². The molecule has 0 saturated heterocycles.